The highest BCUT2D eigenvalue weighted by Crippen LogP contribution is 2.16. The van der Waals surface area contributed by atoms with E-state index in [1.807, 2.05) is 6.92 Å². The highest BCUT2D eigenvalue weighted by Gasteiger charge is 2.20. The van der Waals surface area contributed by atoms with Gasteiger partial charge in [-0.3, -0.25) is 20.4 Å². The number of ether oxygens (including phenoxy) is 1. The number of hydrogen-bond acceptors (Lipinski definition) is 5. The number of nitrogens with one attached hydrogen (secondary N) is 2. The molecule has 0 bridgehead atoms. The molecule has 0 radical (unpaired) electrons. The lowest BCUT2D eigenvalue weighted by atomic mass is 10.2. The van der Waals surface area contributed by atoms with Gasteiger partial charge in [0.1, 0.15) is 4.88 Å². The Hall–Kier alpha value is -2.67. The Morgan fingerprint density at radius 3 is 2.35 bits per heavy atom. The van der Waals surface area contributed by atoms with Crippen molar-refractivity contribution in [2.24, 2.45) is 0 Å². The first-order valence-electron chi connectivity index (χ1n) is 6.90. The lowest BCUT2D eigenvalue weighted by molar-refractivity contribution is -0.129. The number of hydrazine groups is 1. The van der Waals surface area contributed by atoms with Crippen LogP contribution < -0.4 is 10.9 Å². The minimum Gasteiger partial charge on any atom is -0.448 e. The van der Waals surface area contributed by atoms with Crippen molar-refractivity contribution in [3.8, 4) is 0 Å². The van der Waals surface area contributed by atoms with Gasteiger partial charge in [-0.25, -0.2) is 4.79 Å². The number of carbonyl (C=O) groups excluding carboxylic acids is 3. The minimum atomic E-state index is -1.03. The van der Waals surface area contributed by atoms with E-state index in [4.69, 9.17) is 4.74 Å². The molecule has 0 spiro atoms. The van der Waals surface area contributed by atoms with Crippen LogP contribution in [-0.2, 0) is 9.53 Å². The SMILES string of the molecule is Cc1ccc(C(=O)O[C@H](C)C(=O)NNC(=O)c2ccccc2)s1. The Balaban J connectivity index is 1.83. The summed E-state index contributed by atoms with van der Waals surface area (Å²) in [4.78, 5) is 36.9. The second-order valence-electron chi connectivity index (χ2n) is 4.77. The third kappa shape index (κ3) is 4.65. The van der Waals surface area contributed by atoms with Crippen molar-refractivity contribution < 1.29 is 19.1 Å². The standard InChI is InChI=1S/C16H16N2O4S/c1-10-8-9-13(23-10)16(21)22-11(2)14(19)17-18-15(20)12-6-4-3-5-7-12/h3-9,11H,1-2H3,(H,17,19)(H,18,20)/t11-/m1/s1. The Morgan fingerprint density at radius 2 is 1.74 bits per heavy atom. The first-order chi connectivity index (χ1) is 11.0. The van der Waals surface area contributed by atoms with Crippen molar-refractivity contribution in [3.63, 3.8) is 0 Å². The van der Waals surface area contributed by atoms with Crippen LogP contribution >= 0.6 is 11.3 Å². The number of rotatable bonds is 4. The van der Waals surface area contributed by atoms with E-state index < -0.39 is 23.9 Å². The molecular weight excluding hydrogens is 316 g/mol. The van der Waals surface area contributed by atoms with Gasteiger partial charge in [-0.1, -0.05) is 18.2 Å². The number of hydrogen-bond donors (Lipinski definition) is 2. The van der Waals surface area contributed by atoms with Crippen LogP contribution in [0.3, 0.4) is 0 Å². The molecule has 0 aliphatic rings. The number of benzene rings is 1. The number of carbonyl (C=O) groups is 3. The second-order valence-corrected chi connectivity index (χ2v) is 6.06. The number of esters is 1. The summed E-state index contributed by atoms with van der Waals surface area (Å²) < 4.78 is 5.06. The van der Waals surface area contributed by atoms with Gasteiger partial charge in [0.2, 0.25) is 0 Å². The molecule has 0 saturated heterocycles. The van der Waals surface area contributed by atoms with Crippen LogP contribution in [0.1, 0.15) is 31.8 Å². The molecule has 1 aromatic heterocycles. The normalized spacial score (nSPS) is 11.4. The molecule has 2 rings (SSSR count). The van der Waals surface area contributed by atoms with E-state index in [1.54, 1.807) is 42.5 Å². The zero-order valence-electron chi connectivity index (χ0n) is 12.7. The summed E-state index contributed by atoms with van der Waals surface area (Å²) in [5, 5.41) is 0. The first kappa shape index (κ1) is 16.7. The third-order valence-electron chi connectivity index (χ3n) is 2.93. The van der Waals surface area contributed by atoms with Crippen LogP contribution in [0.4, 0.5) is 0 Å². The van der Waals surface area contributed by atoms with Crippen LogP contribution in [0.5, 0.6) is 0 Å². The fraction of sp³-hybridized carbons (Fsp3) is 0.188. The molecule has 2 aromatic rings. The molecule has 120 valence electrons. The molecule has 2 N–H and O–H groups in total. The molecule has 1 heterocycles. The highest BCUT2D eigenvalue weighted by atomic mass is 32.1. The molecule has 0 aliphatic carbocycles. The molecule has 0 saturated carbocycles. The predicted molar refractivity (Wildman–Crippen MR) is 86.0 cm³/mol. The Labute approximate surface area is 137 Å². The second kappa shape index (κ2) is 7.55. The molecule has 6 nitrogen and oxygen atoms in total. The Kier molecular flexibility index (Phi) is 5.48. The van der Waals surface area contributed by atoms with Gasteiger partial charge in [-0.15, -0.1) is 11.3 Å². The van der Waals surface area contributed by atoms with Crippen molar-refractivity contribution in [1.29, 1.82) is 0 Å². The van der Waals surface area contributed by atoms with E-state index >= 15 is 0 Å². The van der Waals surface area contributed by atoms with E-state index in [0.717, 1.165) is 4.88 Å². The number of amides is 2. The zero-order valence-corrected chi connectivity index (χ0v) is 13.5. The Morgan fingerprint density at radius 1 is 1.04 bits per heavy atom. The van der Waals surface area contributed by atoms with Crippen LogP contribution in [0.25, 0.3) is 0 Å². The van der Waals surface area contributed by atoms with Crippen molar-refractivity contribution in [2.75, 3.05) is 0 Å². The van der Waals surface area contributed by atoms with E-state index in [2.05, 4.69) is 10.9 Å². The van der Waals surface area contributed by atoms with Gasteiger partial charge >= 0.3 is 5.97 Å². The van der Waals surface area contributed by atoms with Crippen LogP contribution in [0.15, 0.2) is 42.5 Å². The fourth-order valence-electron chi connectivity index (χ4n) is 1.70. The maximum Gasteiger partial charge on any atom is 0.349 e. The van der Waals surface area contributed by atoms with Crippen LogP contribution in [0, 0.1) is 6.92 Å². The summed E-state index contributed by atoms with van der Waals surface area (Å²) >= 11 is 1.29. The summed E-state index contributed by atoms with van der Waals surface area (Å²) in [6.07, 6.45) is -1.03. The van der Waals surface area contributed by atoms with Crippen molar-refractivity contribution in [3.05, 3.63) is 57.8 Å². The van der Waals surface area contributed by atoms with E-state index in [1.165, 1.54) is 18.3 Å². The van der Waals surface area contributed by atoms with Gasteiger partial charge < -0.3 is 4.74 Å². The quantitative estimate of drug-likeness (QED) is 0.663. The summed E-state index contributed by atoms with van der Waals surface area (Å²) in [5.74, 6) is -1.64. The van der Waals surface area contributed by atoms with Gasteiger partial charge in [0.15, 0.2) is 6.10 Å². The molecule has 2 amide bonds. The van der Waals surface area contributed by atoms with E-state index in [9.17, 15) is 14.4 Å². The van der Waals surface area contributed by atoms with Crippen molar-refractivity contribution >= 4 is 29.1 Å². The van der Waals surface area contributed by atoms with Gasteiger partial charge in [-0.05, 0) is 38.1 Å². The van der Waals surface area contributed by atoms with Crippen LogP contribution in [-0.4, -0.2) is 23.9 Å². The third-order valence-corrected chi connectivity index (χ3v) is 3.91. The molecule has 0 aliphatic heterocycles. The lowest BCUT2D eigenvalue weighted by Gasteiger charge is -2.13. The zero-order chi connectivity index (χ0) is 16.8. The largest absolute Gasteiger partial charge is 0.448 e. The average Bonchev–Trinajstić information content (AvgIpc) is 2.99. The topological polar surface area (TPSA) is 84.5 Å². The molecule has 7 heteroatoms. The van der Waals surface area contributed by atoms with E-state index in [0.29, 0.717) is 10.4 Å². The average molecular weight is 332 g/mol. The molecule has 23 heavy (non-hydrogen) atoms. The van der Waals surface area contributed by atoms with Crippen molar-refractivity contribution in [2.45, 2.75) is 20.0 Å². The fourth-order valence-corrected chi connectivity index (χ4v) is 2.45. The smallest absolute Gasteiger partial charge is 0.349 e. The first-order valence-corrected chi connectivity index (χ1v) is 7.71. The summed E-state index contributed by atoms with van der Waals surface area (Å²) in [5.41, 5.74) is 4.91. The minimum absolute atomic E-state index is 0.409. The molecule has 1 aromatic carbocycles. The van der Waals surface area contributed by atoms with Gasteiger partial charge in [0.25, 0.3) is 11.8 Å². The molecule has 0 unspecified atom stereocenters. The Bertz CT molecular complexity index is 712. The molecular formula is C16H16N2O4S. The van der Waals surface area contributed by atoms with Gasteiger partial charge in [0.05, 0.1) is 0 Å². The maximum absolute atomic E-state index is 11.9. The van der Waals surface area contributed by atoms with Gasteiger partial charge in [-0.2, -0.15) is 0 Å². The monoisotopic (exact) mass is 332 g/mol. The molecule has 1 atom stereocenters. The summed E-state index contributed by atoms with van der Waals surface area (Å²) in [6, 6.07) is 11.9. The predicted octanol–water partition coefficient (Wildman–Crippen LogP) is 2.06. The summed E-state index contributed by atoms with van der Waals surface area (Å²) in [6.45, 7) is 3.30. The van der Waals surface area contributed by atoms with E-state index in [-0.39, 0.29) is 0 Å². The highest BCUT2D eigenvalue weighted by molar-refractivity contribution is 7.13. The summed E-state index contributed by atoms with van der Waals surface area (Å²) in [7, 11) is 0. The number of aryl methyl sites for hydroxylation is 1. The van der Waals surface area contributed by atoms with Gasteiger partial charge in [0, 0.05) is 10.4 Å². The maximum atomic E-state index is 11.9. The van der Waals surface area contributed by atoms with Crippen molar-refractivity contribution in [1.82, 2.24) is 10.9 Å². The molecule has 0 fully saturated rings. The number of thiophene rings is 1. The van der Waals surface area contributed by atoms with Crippen LogP contribution in [0.2, 0.25) is 0 Å². The lowest BCUT2D eigenvalue weighted by Crippen LogP contribution is -2.46.